The van der Waals surface area contributed by atoms with Crippen molar-refractivity contribution in [1.29, 1.82) is 0 Å². The van der Waals surface area contributed by atoms with Gasteiger partial charge in [0.05, 0.1) is 0 Å². The van der Waals surface area contributed by atoms with E-state index in [0.29, 0.717) is 0 Å². The summed E-state index contributed by atoms with van der Waals surface area (Å²) in [6.07, 6.45) is 0.407. The molecule has 2 N–H and O–H groups in total. The molecule has 0 bridgehead atoms. The normalized spacial score (nSPS) is 20.8. The number of rotatable bonds is 4. The zero-order valence-corrected chi connectivity index (χ0v) is 14.0. The molecule has 0 fully saturated rings. The molecule has 1 aliphatic rings. The van der Waals surface area contributed by atoms with E-state index in [4.69, 9.17) is 4.74 Å². The fourth-order valence-corrected chi connectivity index (χ4v) is 5.70. The van der Waals surface area contributed by atoms with E-state index in [1.807, 2.05) is 0 Å². The molecule has 0 unspecified atom stereocenters. The molecule has 9 heteroatoms. The number of aliphatic hydroxyl groups excluding tert-OH is 1. The second-order valence-electron chi connectivity index (χ2n) is 5.10. The molecule has 0 spiro atoms. The monoisotopic (exact) mass is 398 g/mol. The van der Waals surface area contributed by atoms with Gasteiger partial charge in [0.15, 0.2) is 0 Å². The molecule has 0 radical (unpaired) electrons. The van der Waals surface area contributed by atoms with Crippen LogP contribution < -0.4 is 15.7 Å². The number of hydrogen-bond acceptors (Lipinski definition) is 6. The van der Waals surface area contributed by atoms with Crippen molar-refractivity contribution >= 4 is 17.2 Å². The molecule has 126 valence electrons. The molecule has 1 aromatic heterocycles. The second kappa shape index (κ2) is 6.29. The van der Waals surface area contributed by atoms with E-state index in [-0.39, 0.29) is 8.93 Å². The number of ether oxygens (including phenoxy) is 1. The summed E-state index contributed by atoms with van der Waals surface area (Å²) in [5, 5.41) is 9.46. The summed E-state index contributed by atoms with van der Waals surface area (Å²) >= 11 is -4.75. The van der Waals surface area contributed by atoms with Crippen LogP contribution in [0, 0.1) is 0 Å². The molecule has 8 nitrogen and oxygen atoms in total. The number of H-pyrrole nitrogens is 1. The number of aliphatic hydroxyl groups is 1. The SMILES string of the molecule is O=c1ccn([C@H]2C=C([Se](=O)(=O)c3ccccc3)[C@@H](CO)O2)c(=O)[nH]1. The molecular formula is C15H14N2O6Se. The number of hydrogen-bond donors (Lipinski definition) is 2. The summed E-state index contributed by atoms with van der Waals surface area (Å²) in [4.78, 5) is 25.0. The Morgan fingerprint density at radius 2 is 1.88 bits per heavy atom. The van der Waals surface area contributed by atoms with E-state index < -0.39 is 42.9 Å². The third-order valence-corrected chi connectivity index (χ3v) is 7.60. The molecule has 1 aromatic carbocycles. The van der Waals surface area contributed by atoms with Gasteiger partial charge in [-0.3, -0.25) is 0 Å². The third-order valence-electron chi connectivity index (χ3n) is 3.58. The summed E-state index contributed by atoms with van der Waals surface area (Å²) < 4.78 is 32.2. The van der Waals surface area contributed by atoms with Crippen LogP contribution in [0.2, 0.25) is 0 Å². The van der Waals surface area contributed by atoms with E-state index in [2.05, 4.69) is 4.98 Å². The Morgan fingerprint density at radius 3 is 2.50 bits per heavy atom. The van der Waals surface area contributed by atoms with Crippen molar-refractivity contribution in [1.82, 2.24) is 9.55 Å². The van der Waals surface area contributed by atoms with E-state index in [1.165, 1.54) is 24.4 Å². The molecule has 0 saturated heterocycles. The first-order chi connectivity index (χ1) is 11.4. The van der Waals surface area contributed by atoms with Crippen LogP contribution in [0.1, 0.15) is 6.23 Å². The quantitative estimate of drug-likeness (QED) is 0.646. The molecule has 1 aliphatic heterocycles. The zero-order valence-electron chi connectivity index (χ0n) is 12.3. The van der Waals surface area contributed by atoms with Gasteiger partial charge >= 0.3 is 137 Å². The first-order valence-electron chi connectivity index (χ1n) is 7.03. The van der Waals surface area contributed by atoms with Crippen molar-refractivity contribution in [2.75, 3.05) is 6.61 Å². The van der Waals surface area contributed by atoms with E-state index in [9.17, 15) is 22.4 Å². The molecule has 24 heavy (non-hydrogen) atoms. The molecular weight excluding hydrogens is 383 g/mol. The predicted octanol–water partition coefficient (Wildman–Crippen LogP) is -0.898. The fourth-order valence-electron chi connectivity index (χ4n) is 2.43. The topological polar surface area (TPSA) is 118 Å². The Morgan fingerprint density at radius 1 is 1.17 bits per heavy atom. The Labute approximate surface area is 137 Å². The number of aromatic nitrogens is 2. The number of nitrogens with one attached hydrogen (secondary N) is 1. The second-order valence-corrected chi connectivity index (χ2v) is 9.19. The Balaban J connectivity index is 2.06. The van der Waals surface area contributed by atoms with Gasteiger partial charge in [-0.1, -0.05) is 0 Å². The Hall–Kier alpha value is -2.32. The zero-order chi connectivity index (χ0) is 17.3. The standard InChI is InChI=1S/C15H14N2O6Se/c18-9-11-12(24(21,22)10-4-2-1-3-5-10)8-14(23-11)17-7-6-13(19)16-15(17)20/h1-8,11,14,18H,9H2,(H,16,19,20)/t11-,14-/m1/s1. The van der Waals surface area contributed by atoms with Crippen molar-refractivity contribution < 1.29 is 17.5 Å². The van der Waals surface area contributed by atoms with Gasteiger partial charge in [-0.15, -0.1) is 0 Å². The van der Waals surface area contributed by atoms with Crippen molar-refractivity contribution in [3.63, 3.8) is 0 Å². The van der Waals surface area contributed by atoms with Crippen LogP contribution in [-0.4, -0.2) is 40.1 Å². The van der Waals surface area contributed by atoms with E-state index in [0.717, 1.165) is 10.6 Å². The average molecular weight is 397 g/mol. The summed E-state index contributed by atoms with van der Waals surface area (Å²) in [6, 6.07) is 8.96. The molecule has 2 atom stereocenters. The van der Waals surface area contributed by atoms with Crippen LogP contribution in [0.4, 0.5) is 0 Å². The summed E-state index contributed by atoms with van der Waals surface area (Å²) in [7, 11) is 0. The predicted molar refractivity (Wildman–Crippen MR) is 83.6 cm³/mol. The van der Waals surface area contributed by atoms with Crippen LogP contribution in [0.25, 0.3) is 0 Å². The molecule has 0 saturated carbocycles. The maximum atomic E-state index is 12.8. The van der Waals surface area contributed by atoms with E-state index in [1.54, 1.807) is 18.2 Å². The molecule has 2 aromatic rings. The summed E-state index contributed by atoms with van der Waals surface area (Å²) in [5.41, 5.74) is -1.30. The Kier molecular flexibility index (Phi) is 4.33. The number of aromatic amines is 1. The van der Waals surface area contributed by atoms with Crippen molar-refractivity contribution in [3.8, 4) is 0 Å². The summed E-state index contributed by atoms with van der Waals surface area (Å²) in [5.74, 6) is 0. The van der Waals surface area contributed by atoms with Gasteiger partial charge in [-0.25, -0.2) is 0 Å². The average Bonchev–Trinajstić information content (AvgIpc) is 3.00. The number of benzene rings is 1. The van der Waals surface area contributed by atoms with Crippen LogP contribution in [0.15, 0.2) is 62.7 Å². The summed E-state index contributed by atoms with van der Waals surface area (Å²) in [6.45, 7) is -0.545. The van der Waals surface area contributed by atoms with Crippen LogP contribution in [-0.2, 0) is 12.4 Å². The molecule has 3 rings (SSSR count). The molecule has 0 amide bonds. The number of nitrogens with zero attached hydrogens (tertiary/aromatic N) is 1. The van der Waals surface area contributed by atoms with Gasteiger partial charge in [-0.05, 0) is 0 Å². The third kappa shape index (κ3) is 2.90. The van der Waals surface area contributed by atoms with Crippen LogP contribution in [0.3, 0.4) is 0 Å². The van der Waals surface area contributed by atoms with Gasteiger partial charge in [-0.2, -0.15) is 0 Å². The molecule has 0 aliphatic carbocycles. The van der Waals surface area contributed by atoms with Gasteiger partial charge in [0.1, 0.15) is 0 Å². The van der Waals surface area contributed by atoms with Crippen molar-refractivity contribution in [2.45, 2.75) is 12.3 Å². The van der Waals surface area contributed by atoms with E-state index >= 15 is 0 Å². The van der Waals surface area contributed by atoms with Crippen LogP contribution >= 0.6 is 0 Å². The van der Waals surface area contributed by atoms with Crippen LogP contribution in [0.5, 0.6) is 0 Å². The Bertz CT molecular complexity index is 990. The van der Waals surface area contributed by atoms with Gasteiger partial charge in [0, 0.05) is 0 Å². The van der Waals surface area contributed by atoms with Crippen molar-refractivity contribution in [2.24, 2.45) is 0 Å². The fraction of sp³-hybridized carbons (Fsp3) is 0.200. The van der Waals surface area contributed by atoms with Crippen molar-refractivity contribution in [3.05, 3.63) is 74.0 Å². The minimum atomic E-state index is -4.75. The maximum absolute atomic E-state index is 12.8. The molecule has 2 heterocycles. The van der Waals surface area contributed by atoms with Gasteiger partial charge < -0.3 is 0 Å². The van der Waals surface area contributed by atoms with Gasteiger partial charge in [0.2, 0.25) is 0 Å². The minimum absolute atomic E-state index is 0.0527. The first kappa shape index (κ1) is 16.5. The first-order valence-corrected chi connectivity index (χ1v) is 10.1. The van der Waals surface area contributed by atoms with Gasteiger partial charge in [0.25, 0.3) is 0 Å².